The molecule has 4 nitrogen and oxygen atoms in total. The van der Waals surface area contributed by atoms with Gasteiger partial charge in [-0.2, -0.15) is 0 Å². The number of rotatable bonds is 2. The van der Waals surface area contributed by atoms with E-state index in [0.717, 1.165) is 26.1 Å². The van der Waals surface area contributed by atoms with E-state index < -0.39 is 0 Å². The van der Waals surface area contributed by atoms with Gasteiger partial charge >= 0.3 is 6.03 Å². The summed E-state index contributed by atoms with van der Waals surface area (Å²) in [6, 6.07) is 0.130. The molecule has 0 aliphatic carbocycles. The Bertz CT molecular complexity index is 167. The fourth-order valence-corrected chi connectivity index (χ4v) is 1.43. The van der Waals surface area contributed by atoms with Gasteiger partial charge in [-0.25, -0.2) is 4.79 Å². The first-order valence-electron chi connectivity index (χ1n) is 4.83. The third kappa shape index (κ3) is 2.88. The average Bonchev–Trinajstić information content (AvgIpc) is 2.18. The minimum Gasteiger partial charge on any atom is -0.378 e. The van der Waals surface area contributed by atoms with Crippen molar-refractivity contribution in [1.29, 1.82) is 0 Å². The van der Waals surface area contributed by atoms with Crippen molar-refractivity contribution in [3.8, 4) is 0 Å². The average molecular weight is 186 g/mol. The van der Waals surface area contributed by atoms with Gasteiger partial charge < -0.3 is 14.5 Å². The summed E-state index contributed by atoms with van der Waals surface area (Å²) in [4.78, 5) is 15.3. The lowest BCUT2D eigenvalue weighted by atomic mass is 10.4. The minimum atomic E-state index is 0.130. The second-order valence-electron chi connectivity index (χ2n) is 3.30. The molecule has 0 atom stereocenters. The summed E-state index contributed by atoms with van der Waals surface area (Å²) in [5, 5.41) is 0. The topological polar surface area (TPSA) is 32.8 Å². The summed E-state index contributed by atoms with van der Waals surface area (Å²) in [5.41, 5.74) is 0. The molecule has 2 amide bonds. The van der Waals surface area contributed by atoms with Gasteiger partial charge in [-0.15, -0.1) is 0 Å². The molecule has 4 heteroatoms. The molecule has 0 bridgehead atoms. The van der Waals surface area contributed by atoms with Crippen LogP contribution < -0.4 is 0 Å². The van der Waals surface area contributed by atoms with Crippen LogP contribution in [0, 0.1) is 0 Å². The maximum Gasteiger partial charge on any atom is 0.319 e. The quantitative estimate of drug-likeness (QED) is 0.638. The van der Waals surface area contributed by atoms with Gasteiger partial charge in [0.05, 0.1) is 13.2 Å². The lowest BCUT2D eigenvalue weighted by Gasteiger charge is -2.30. The van der Waals surface area contributed by atoms with Crippen LogP contribution in [-0.2, 0) is 4.74 Å². The molecule has 1 fully saturated rings. The van der Waals surface area contributed by atoms with E-state index in [9.17, 15) is 4.79 Å². The molecule has 0 unspecified atom stereocenters. The zero-order valence-electron chi connectivity index (χ0n) is 8.45. The third-order valence-electron chi connectivity index (χ3n) is 2.17. The van der Waals surface area contributed by atoms with Crippen LogP contribution in [0.5, 0.6) is 0 Å². The number of nitrogens with zero attached hydrogens (tertiary/aromatic N) is 2. The Balaban J connectivity index is 2.36. The van der Waals surface area contributed by atoms with Gasteiger partial charge in [0.25, 0.3) is 0 Å². The number of ether oxygens (including phenoxy) is 1. The first-order chi connectivity index (χ1) is 6.25. The van der Waals surface area contributed by atoms with Gasteiger partial charge in [-0.05, 0) is 6.42 Å². The molecule has 0 radical (unpaired) electrons. The van der Waals surface area contributed by atoms with E-state index in [1.807, 2.05) is 11.9 Å². The molecule has 1 rings (SSSR count). The molecule has 76 valence electrons. The maximum atomic E-state index is 11.7. The fraction of sp³-hybridized carbons (Fsp3) is 0.889. The van der Waals surface area contributed by atoms with Crippen LogP contribution in [0.4, 0.5) is 4.79 Å². The Hall–Kier alpha value is -0.770. The molecule has 1 heterocycles. The molecular formula is C9H18N2O2. The second-order valence-corrected chi connectivity index (χ2v) is 3.30. The van der Waals surface area contributed by atoms with Crippen molar-refractivity contribution >= 4 is 6.03 Å². The number of hydrogen-bond donors (Lipinski definition) is 0. The largest absolute Gasteiger partial charge is 0.378 e. The SMILES string of the molecule is CCCN(C)C(=O)N1CCOCC1. The molecule has 0 N–H and O–H groups in total. The highest BCUT2D eigenvalue weighted by Crippen LogP contribution is 2.01. The van der Waals surface area contributed by atoms with Gasteiger partial charge in [0.2, 0.25) is 0 Å². The van der Waals surface area contributed by atoms with E-state index in [0.29, 0.717) is 13.2 Å². The summed E-state index contributed by atoms with van der Waals surface area (Å²) in [6.45, 7) is 5.70. The Morgan fingerprint density at radius 2 is 2.08 bits per heavy atom. The first-order valence-corrected chi connectivity index (χ1v) is 4.83. The zero-order valence-corrected chi connectivity index (χ0v) is 8.45. The summed E-state index contributed by atoms with van der Waals surface area (Å²) >= 11 is 0. The number of hydrogen-bond acceptors (Lipinski definition) is 2. The van der Waals surface area contributed by atoms with Crippen molar-refractivity contribution in [2.24, 2.45) is 0 Å². The smallest absolute Gasteiger partial charge is 0.319 e. The van der Waals surface area contributed by atoms with E-state index in [2.05, 4.69) is 6.92 Å². The van der Waals surface area contributed by atoms with Crippen LogP contribution in [0.15, 0.2) is 0 Å². The highest BCUT2D eigenvalue weighted by molar-refractivity contribution is 5.74. The molecule has 0 aromatic rings. The summed E-state index contributed by atoms with van der Waals surface area (Å²) in [5.74, 6) is 0. The minimum absolute atomic E-state index is 0.130. The number of morpholine rings is 1. The van der Waals surface area contributed by atoms with Crippen LogP contribution in [0.3, 0.4) is 0 Å². The predicted octanol–water partition coefficient (Wildman–Crippen LogP) is 0.780. The van der Waals surface area contributed by atoms with Crippen LogP contribution in [0.1, 0.15) is 13.3 Å². The summed E-state index contributed by atoms with van der Waals surface area (Å²) in [7, 11) is 1.85. The Morgan fingerprint density at radius 3 is 2.62 bits per heavy atom. The van der Waals surface area contributed by atoms with Gasteiger partial charge in [-0.1, -0.05) is 6.92 Å². The molecule has 0 spiro atoms. The molecule has 1 aliphatic heterocycles. The number of carbonyl (C=O) groups excluding carboxylic acids is 1. The van der Waals surface area contributed by atoms with Gasteiger partial charge in [0, 0.05) is 26.7 Å². The Kier molecular flexibility index (Phi) is 4.02. The first kappa shape index (κ1) is 10.3. The number of urea groups is 1. The number of carbonyl (C=O) groups is 1. The molecule has 13 heavy (non-hydrogen) atoms. The normalized spacial score (nSPS) is 17.2. The lowest BCUT2D eigenvalue weighted by Crippen LogP contribution is -2.47. The maximum absolute atomic E-state index is 11.7. The third-order valence-corrected chi connectivity index (χ3v) is 2.17. The van der Waals surface area contributed by atoms with Crippen molar-refractivity contribution in [2.75, 3.05) is 39.9 Å². The Labute approximate surface area is 79.4 Å². The molecule has 1 saturated heterocycles. The van der Waals surface area contributed by atoms with Crippen LogP contribution >= 0.6 is 0 Å². The lowest BCUT2D eigenvalue weighted by molar-refractivity contribution is 0.0453. The van der Waals surface area contributed by atoms with E-state index >= 15 is 0 Å². The fourth-order valence-electron chi connectivity index (χ4n) is 1.43. The molecular weight excluding hydrogens is 168 g/mol. The van der Waals surface area contributed by atoms with Crippen molar-refractivity contribution in [3.05, 3.63) is 0 Å². The highest BCUT2D eigenvalue weighted by atomic mass is 16.5. The van der Waals surface area contributed by atoms with E-state index in [1.165, 1.54) is 0 Å². The van der Waals surface area contributed by atoms with E-state index in [4.69, 9.17) is 4.74 Å². The monoisotopic (exact) mass is 186 g/mol. The van der Waals surface area contributed by atoms with Gasteiger partial charge in [-0.3, -0.25) is 0 Å². The van der Waals surface area contributed by atoms with Crippen LogP contribution in [-0.4, -0.2) is 55.7 Å². The van der Waals surface area contributed by atoms with Crippen molar-refractivity contribution in [2.45, 2.75) is 13.3 Å². The second kappa shape index (κ2) is 5.07. The standard InChI is InChI=1S/C9H18N2O2/c1-3-4-10(2)9(12)11-5-7-13-8-6-11/h3-8H2,1-2H3. The summed E-state index contributed by atoms with van der Waals surface area (Å²) < 4.78 is 5.18. The molecule has 0 aromatic carbocycles. The van der Waals surface area contributed by atoms with Crippen molar-refractivity contribution in [1.82, 2.24) is 9.80 Å². The van der Waals surface area contributed by atoms with E-state index in [-0.39, 0.29) is 6.03 Å². The van der Waals surface area contributed by atoms with Crippen molar-refractivity contribution in [3.63, 3.8) is 0 Å². The molecule has 0 aromatic heterocycles. The Morgan fingerprint density at radius 1 is 1.46 bits per heavy atom. The van der Waals surface area contributed by atoms with Crippen LogP contribution in [0.2, 0.25) is 0 Å². The zero-order chi connectivity index (χ0) is 9.68. The number of amides is 2. The highest BCUT2D eigenvalue weighted by Gasteiger charge is 2.19. The predicted molar refractivity (Wildman–Crippen MR) is 50.7 cm³/mol. The molecule has 0 saturated carbocycles. The summed E-state index contributed by atoms with van der Waals surface area (Å²) in [6.07, 6.45) is 1.01. The van der Waals surface area contributed by atoms with Gasteiger partial charge in [0.15, 0.2) is 0 Å². The van der Waals surface area contributed by atoms with Crippen molar-refractivity contribution < 1.29 is 9.53 Å². The van der Waals surface area contributed by atoms with E-state index in [1.54, 1.807) is 4.90 Å². The van der Waals surface area contributed by atoms with Crippen LogP contribution in [0.25, 0.3) is 0 Å². The van der Waals surface area contributed by atoms with Gasteiger partial charge in [0.1, 0.15) is 0 Å². The molecule has 1 aliphatic rings.